The molecule has 1 aliphatic rings. The van der Waals surface area contributed by atoms with Crippen LogP contribution in [0, 0.1) is 0 Å². The summed E-state index contributed by atoms with van der Waals surface area (Å²) in [5.41, 5.74) is 5.64. The molecule has 0 aliphatic carbocycles. The molecule has 1 saturated heterocycles. The summed E-state index contributed by atoms with van der Waals surface area (Å²) in [5, 5.41) is 3.89. The number of anilines is 1. The SMILES string of the molecule is CCC1CCCN1S(=O)(=O)c1cn(C)nc1N. The Bertz CT molecular complexity index is 508. The highest BCUT2D eigenvalue weighted by atomic mass is 32.2. The van der Waals surface area contributed by atoms with E-state index in [9.17, 15) is 8.42 Å². The van der Waals surface area contributed by atoms with E-state index in [0.29, 0.717) is 6.54 Å². The van der Waals surface area contributed by atoms with Crippen LogP contribution in [0.15, 0.2) is 11.1 Å². The van der Waals surface area contributed by atoms with E-state index in [1.165, 1.54) is 10.9 Å². The summed E-state index contributed by atoms with van der Waals surface area (Å²) < 4.78 is 27.8. The molecule has 0 aromatic carbocycles. The maximum absolute atomic E-state index is 12.4. The van der Waals surface area contributed by atoms with Crippen LogP contribution in [0.3, 0.4) is 0 Å². The lowest BCUT2D eigenvalue weighted by Crippen LogP contribution is -2.35. The molecule has 17 heavy (non-hydrogen) atoms. The minimum absolute atomic E-state index is 0.0780. The Labute approximate surface area is 101 Å². The van der Waals surface area contributed by atoms with E-state index in [4.69, 9.17) is 5.73 Å². The molecule has 96 valence electrons. The van der Waals surface area contributed by atoms with Crippen molar-refractivity contribution in [3.05, 3.63) is 6.20 Å². The van der Waals surface area contributed by atoms with E-state index in [-0.39, 0.29) is 16.8 Å². The number of nitrogens with zero attached hydrogens (tertiary/aromatic N) is 3. The van der Waals surface area contributed by atoms with Gasteiger partial charge in [0.05, 0.1) is 0 Å². The summed E-state index contributed by atoms with van der Waals surface area (Å²) >= 11 is 0. The van der Waals surface area contributed by atoms with Gasteiger partial charge in [-0.3, -0.25) is 4.68 Å². The Balaban J connectivity index is 2.39. The van der Waals surface area contributed by atoms with E-state index < -0.39 is 10.0 Å². The molecule has 1 fully saturated rings. The monoisotopic (exact) mass is 258 g/mol. The number of nitrogen functional groups attached to an aromatic ring is 1. The van der Waals surface area contributed by atoms with Crippen molar-refractivity contribution in [2.45, 2.75) is 37.1 Å². The van der Waals surface area contributed by atoms with Crippen LogP contribution in [0.25, 0.3) is 0 Å². The number of sulfonamides is 1. The lowest BCUT2D eigenvalue weighted by Gasteiger charge is -2.22. The summed E-state index contributed by atoms with van der Waals surface area (Å²) in [5.74, 6) is 0.0780. The van der Waals surface area contributed by atoms with E-state index in [1.807, 2.05) is 6.92 Å². The van der Waals surface area contributed by atoms with Gasteiger partial charge in [-0.15, -0.1) is 0 Å². The molecule has 6 nitrogen and oxygen atoms in total. The van der Waals surface area contributed by atoms with Crippen molar-refractivity contribution in [2.75, 3.05) is 12.3 Å². The maximum atomic E-state index is 12.4. The van der Waals surface area contributed by atoms with Gasteiger partial charge in [0.25, 0.3) is 0 Å². The van der Waals surface area contributed by atoms with Gasteiger partial charge in [0.2, 0.25) is 10.0 Å². The molecule has 0 bridgehead atoms. The summed E-state index contributed by atoms with van der Waals surface area (Å²) in [6, 6.07) is 0.0969. The predicted molar refractivity (Wildman–Crippen MR) is 64.8 cm³/mol. The Morgan fingerprint density at radius 2 is 2.29 bits per heavy atom. The highest BCUT2D eigenvalue weighted by Gasteiger charge is 2.36. The second-order valence-corrected chi connectivity index (χ2v) is 6.23. The highest BCUT2D eigenvalue weighted by Crippen LogP contribution is 2.29. The van der Waals surface area contributed by atoms with E-state index in [2.05, 4.69) is 5.10 Å². The van der Waals surface area contributed by atoms with Gasteiger partial charge in [0.15, 0.2) is 5.82 Å². The summed E-state index contributed by atoms with van der Waals surface area (Å²) in [7, 11) is -1.82. The van der Waals surface area contributed by atoms with Crippen molar-refractivity contribution in [1.29, 1.82) is 0 Å². The molecule has 1 aromatic rings. The van der Waals surface area contributed by atoms with Crippen LogP contribution in [0.1, 0.15) is 26.2 Å². The minimum atomic E-state index is -3.48. The molecule has 0 amide bonds. The quantitative estimate of drug-likeness (QED) is 0.859. The number of aryl methyl sites for hydroxylation is 1. The van der Waals surface area contributed by atoms with Gasteiger partial charge in [0.1, 0.15) is 4.90 Å². The van der Waals surface area contributed by atoms with E-state index >= 15 is 0 Å². The Hall–Kier alpha value is -1.08. The molecule has 7 heteroatoms. The van der Waals surface area contributed by atoms with Gasteiger partial charge in [-0.1, -0.05) is 6.92 Å². The fraction of sp³-hybridized carbons (Fsp3) is 0.700. The van der Waals surface area contributed by atoms with E-state index in [0.717, 1.165) is 19.3 Å². The molecule has 2 rings (SSSR count). The zero-order chi connectivity index (χ0) is 12.6. The highest BCUT2D eigenvalue weighted by molar-refractivity contribution is 7.89. The summed E-state index contributed by atoms with van der Waals surface area (Å²) in [4.78, 5) is 0.125. The molecule has 1 aliphatic heterocycles. The minimum Gasteiger partial charge on any atom is -0.381 e. The molecule has 1 unspecified atom stereocenters. The van der Waals surface area contributed by atoms with E-state index in [1.54, 1.807) is 11.4 Å². The van der Waals surface area contributed by atoms with Crippen molar-refractivity contribution in [3.8, 4) is 0 Å². The molecular weight excluding hydrogens is 240 g/mol. The van der Waals surface area contributed by atoms with Crippen LogP contribution in [-0.4, -0.2) is 35.1 Å². The molecule has 1 aromatic heterocycles. The Morgan fingerprint density at radius 1 is 1.59 bits per heavy atom. The first-order chi connectivity index (χ1) is 7.96. The standard InChI is InChI=1S/C10H18N4O2S/c1-3-8-5-4-6-14(8)17(15,16)9-7-13(2)12-10(9)11/h7-8H,3-6H2,1-2H3,(H2,11,12). The molecule has 0 radical (unpaired) electrons. The van der Waals surface area contributed by atoms with Gasteiger partial charge >= 0.3 is 0 Å². The maximum Gasteiger partial charge on any atom is 0.248 e. The van der Waals surface area contributed by atoms with Gasteiger partial charge in [-0.05, 0) is 19.3 Å². The lowest BCUT2D eigenvalue weighted by molar-refractivity contribution is 0.380. The fourth-order valence-corrected chi connectivity index (χ4v) is 4.20. The zero-order valence-corrected chi connectivity index (χ0v) is 10.9. The van der Waals surface area contributed by atoms with Gasteiger partial charge < -0.3 is 5.73 Å². The first-order valence-electron chi connectivity index (χ1n) is 5.77. The third kappa shape index (κ3) is 2.04. The Kier molecular flexibility index (Phi) is 3.13. The first kappa shape index (κ1) is 12.4. The molecule has 2 N–H and O–H groups in total. The Morgan fingerprint density at radius 3 is 2.82 bits per heavy atom. The third-order valence-electron chi connectivity index (χ3n) is 3.20. The van der Waals surface area contributed by atoms with Crippen LogP contribution in [0.2, 0.25) is 0 Å². The smallest absolute Gasteiger partial charge is 0.248 e. The topological polar surface area (TPSA) is 81.2 Å². The molecule has 0 spiro atoms. The molecule has 1 atom stereocenters. The van der Waals surface area contributed by atoms with Crippen LogP contribution in [0.4, 0.5) is 5.82 Å². The van der Waals surface area contributed by atoms with Crippen molar-refractivity contribution < 1.29 is 8.42 Å². The second-order valence-electron chi connectivity index (χ2n) is 4.37. The van der Waals surface area contributed by atoms with Crippen molar-refractivity contribution in [1.82, 2.24) is 14.1 Å². The molecule has 2 heterocycles. The van der Waals surface area contributed by atoms with Crippen LogP contribution in [0.5, 0.6) is 0 Å². The van der Waals surface area contributed by atoms with Crippen molar-refractivity contribution >= 4 is 15.8 Å². The largest absolute Gasteiger partial charge is 0.381 e. The fourth-order valence-electron chi connectivity index (χ4n) is 2.34. The number of aromatic nitrogens is 2. The van der Waals surface area contributed by atoms with Crippen LogP contribution < -0.4 is 5.73 Å². The molecular formula is C10H18N4O2S. The summed E-state index contributed by atoms with van der Waals surface area (Å²) in [6.07, 6.45) is 4.14. The molecule has 0 saturated carbocycles. The average molecular weight is 258 g/mol. The van der Waals surface area contributed by atoms with Gasteiger partial charge in [-0.2, -0.15) is 9.40 Å². The van der Waals surface area contributed by atoms with Crippen LogP contribution in [-0.2, 0) is 17.1 Å². The normalized spacial score (nSPS) is 22.1. The lowest BCUT2D eigenvalue weighted by atomic mass is 10.2. The number of rotatable bonds is 3. The zero-order valence-electron chi connectivity index (χ0n) is 10.1. The van der Waals surface area contributed by atoms with Crippen LogP contribution >= 0.6 is 0 Å². The average Bonchev–Trinajstić information content (AvgIpc) is 2.84. The van der Waals surface area contributed by atoms with Crippen molar-refractivity contribution in [2.24, 2.45) is 7.05 Å². The third-order valence-corrected chi connectivity index (χ3v) is 5.17. The van der Waals surface area contributed by atoms with Gasteiger partial charge in [-0.25, -0.2) is 8.42 Å². The van der Waals surface area contributed by atoms with Gasteiger partial charge in [0, 0.05) is 25.8 Å². The number of hydrogen-bond acceptors (Lipinski definition) is 4. The predicted octanol–water partition coefficient (Wildman–Crippen LogP) is 0.565. The van der Waals surface area contributed by atoms with Crippen molar-refractivity contribution in [3.63, 3.8) is 0 Å². The number of hydrogen-bond donors (Lipinski definition) is 1. The number of nitrogens with two attached hydrogens (primary N) is 1. The summed E-state index contributed by atoms with van der Waals surface area (Å²) in [6.45, 7) is 2.58. The second kappa shape index (κ2) is 4.30. The first-order valence-corrected chi connectivity index (χ1v) is 7.21.